The lowest BCUT2D eigenvalue weighted by molar-refractivity contribution is -0.136. The van der Waals surface area contributed by atoms with Crippen LogP contribution in [0, 0.1) is 0 Å². The van der Waals surface area contributed by atoms with Gasteiger partial charge in [0.1, 0.15) is 11.5 Å². The lowest BCUT2D eigenvalue weighted by atomic mass is 10.2. The van der Waals surface area contributed by atoms with Gasteiger partial charge in [0.2, 0.25) is 0 Å². The standard InChI is InChI=1S/C23H20BrN3O5/c1-2-31-23(30)15-6-8-17(9-7-15)27-22(29)21(28)26-14-20-11-10-19(32-20)13-25-18-5-3-4-16(24)12-18/h3-13H,2,14H2,1H3,(H,26,28)(H,27,29). The van der Waals surface area contributed by atoms with Crippen molar-refractivity contribution in [1.82, 2.24) is 5.32 Å². The molecular formula is C23H20BrN3O5. The second kappa shape index (κ2) is 11.1. The van der Waals surface area contributed by atoms with Crippen molar-refractivity contribution in [2.75, 3.05) is 11.9 Å². The third-order valence-electron chi connectivity index (χ3n) is 4.11. The molecule has 1 heterocycles. The highest BCUT2D eigenvalue weighted by atomic mass is 79.9. The van der Waals surface area contributed by atoms with Crippen molar-refractivity contribution in [3.8, 4) is 0 Å². The van der Waals surface area contributed by atoms with Crippen molar-refractivity contribution in [1.29, 1.82) is 0 Å². The molecule has 0 bridgehead atoms. The van der Waals surface area contributed by atoms with E-state index < -0.39 is 17.8 Å². The first-order chi connectivity index (χ1) is 15.4. The van der Waals surface area contributed by atoms with Crippen molar-refractivity contribution in [3.05, 3.63) is 82.2 Å². The number of benzene rings is 2. The van der Waals surface area contributed by atoms with Gasteiger partial charge in [0.15, 0.2) is 0 Å². The van der Waals surface area contributed by atoms with Gasteiger partial charge in [-0.3, -0.25) is 14.6 Å². The summed E-state index contributed by atoms with van der Waals surface area (Å²) in [5, 5.41) is 4.96. The number of halogens is 1. The number of nitrogens with one attached hydrogen (secondary N) is 2. The van der Waals surface area contributed by atoms with Gasteiger partial charge >= 0.3 is 17.8 Å². The van der Waals surface area contributed by atoms with Crippen LogP contribution in [0.2, 0.25) is 0 Å². The minimum atomic E-state index is -0.836. The van der Waals surface area contributed by atoms with Crippen LogP contribution in [0.25, 0.3) is 0 Å². The normalized spacial score (nSPS) is 10.7. The SMILES string of the molecule is CCOC(=O)c1ccc(NC(=O)C(=O)NCc2ccc(C=Nc3cccc(Br)c3)o2)cc1. The number of hydrogen-bond acceptors (Lipinski definition) is 6. The molecule has 0 aliphatic heterocycles. The number of anilines is 1. The monoisotopic (exact) mass is 497 g/mol. The fourth-order valence-electron chi connectivity index (χ4n) is 2.59. The van der Waals surface area contributed by atoms with Gasteiger partial charge in [-0.05, 0) is 61.5 Å². The molecule has 0 saturated heterocycles. The van der Waals surface area contributed by atoms with E-state index in [4.69, 9.17) is 9.15 Å². The first kappa shape index (κ1) is 23.0. The summed E-state index contributed by atoms with van der Waals surface area (Å²) in [7, 11) is 0. The van der Waals surface area contributed by atoms with Gasteiger partial charge in [-0.25, -0.2) is 4.79 Å². The highest BCUT2D eigenvalue weighted by Crippen LogP contribution is 2.18. The van der Waals surface area contributed by atoms with Crippen LogP contribution in [0.3, 0.4) is 0 Å². The van der Waals surface area contributed by atoms with E-state index in [1.165, 1.54) is 24.3 Å². The summed E-state index contributed by atoms with van der Waals surface area (Å²) in [6, 6.07) is 16.9. The molecule has 0 spiro atoms. The first-order valence-electron chi connectivity index (χ1n) is 9.69. The summed E-state index contributed by atoms with van der Waals surface area (Å²) in [4.78, 5) is 40.1. The molecule has 0 aliphatic rings. The van der Waals surface area contributed by atoms with Crippen molar-refractivity contribution < 1.29 is 23.5 Å². The van der Waals surface area contributed by atoms with E-state index in [0.29, 0.717) is 22.8 Å². The van der Waals surface area contributed by atoms with E-state index in [2.05, 4.69) is 31.6 Å². The van der Waals surface area contributed by atoms with Gasteiger partial charge in [-0.2, -0.15) is 0 Å². The molecular weight excluding hydrogens is 478 g/mol. The van der Waals surface area contributed by atoms with E-state index in [1.54, 1.807) is 25.3 Å². The summed E-state index contributed by atoms with van der Waals surface area (Å²) in [5.41, 5.74) is 1.49. The molecule has 0 atom stereocenters. The number of nitrogens with zero attached hydrogens (tertiary/aromatic N) is 1. The summed E-state index contributed by atoms with van der Waals surface area (Å²) in [5.74, 6) is -1.12. The molecule has 3 rings (SSSR count). The Morgan fingerprint density at radius 1 is 1.06 bits per heavy atom. The first-order valence-corrected chi connectivity index (χ1v) is 10.5. The molecule has 164 valence electrons. The van der Waals surface area contributed by atoms with E-state index in [0.717, 1.165) is 10.2 Å². The van der Waals surface area contributed by atoms with Crippen molar-refractivity contribution in [2.24, 2.45) is 4.99 Å². The second-order valence-corrected chi connectivity index (χ2v) is 7.39. The third kappa shape index (κ3) is 6.64. The van der Waals surface area contributed by atoms with Crippen LogP contribution in [0.15, 0.2) is 74.5 Å². The number of esters is 1. The molecule has 2 amide bonds. The van der Waals surface area contributed by atoms with Crippen LogP contribution >= 0.6 is 15.9 Å². The predicted molar refractivity (Wildman–Crippen MR) is 123 cm³/mol. The number of carbonyl (C=O) groups is 3. The quantitative estimate of drug-likeness (QED) is 0.288. The molecule has 2 aromatic carbocycles. The smallest absolute Gasteiger partial charge is 0.338 e. The Labute approximate surface area is 192 Å². The van der Waals surface area contributed by atoms with E-state index in [1.807, 2.05) is 24.3 Å². The number of amides is 2. The van der Waals surface area contributed by atoms with Gasteiger partial charge < -0.3 is 19.8 Å². The Bertz CT molecular complexity index is 1140. The summed E-state index contributed by atoms with van der Waals surface area (Å²) >= 11 is 3.38. The largest absolute Gasteiger partial charge is 0.462 e. The van der Waals surface area contributed by atoms with Gasteiger partial charge in [-0.15, -0.1) is 0 Å². The van der Waals surface area contributed by atoms with Gasteiger partial charge in [0.25, 0.3) is 0 Å². The number of furan rings is 1. The van der Waals surface area contributed by atoms with E-state index in [9.17, 15) is 14.4 Å². The van der Waals surface area contributed by atoms with E-state index >= 15 is 0 Å². The van der Waals surface area contributed by atoms with Crippen LogP contribution in [0.1, 0.15) is 28.8 Å². The number of aliphatic imine (C=N–C) groups is 1. The molecule has 2 N–H and O–H groups in total. The molecule has 0 radical (unpaired) electrons. The van der Waals surface area contributed by atoms with Crippen molar-refractivity contribution >= 4 is 51.3 Å². The molecule has 32 heavy (non-hydrogen) atoms. The molecule has 0 aliphatic carbocycles. The Morgan fingerprint density at radius 2 is 1.84 bits per heavy atom. The zero-order chi connectivity index (χ0) is 22.9. The Kier molecular flexibility index (Phi) is 7.93. The maximum atomic E-state index is 12.1. The molecule has 3 aromatic rings. The zero-order valence-corrected chi connectivity index (χ0v) is 18.7. The average molecular weight is 498 g/mol. The Morgan fingerprint density at radius 3 is 2.56 bits per heavy atom. The third-order valence-corrected chi connectivity index (χ3v) is 4.61. The maximum Gasteiger partial charge on any atom is 0.338 e. The number of carbonyl (C=O) groups excluding carboxylic acids is 3. The molecule has 9 heteroatoms. The number of hydrogen-bond donors (Lipinski definition) is 2. The van der Waals surface area contributed by atoms with Gasteiger partial charge in [0, 0.05) is 10.2 Å². The molecule has 0 unspecified atom stereocenters. The van der Waals surface area contributed by atoms with Crippen molar-refractivity contribution in [2.45, 2.75) is 13.5 Å². The molecule has 0 fully saturated rings. The minimum absolute atomic E-state index is 0.0405. The number of rotatable bonds is 7. The second-order valence-electron chi connectivity index (χ2n) is 6.48. The fraction of sp³-hybridized carbons (Fsp3) is 0.130. The molecule has 1 aromatic heterocycles. The van der Waals surface area contributed by atoms with Crippen LogP contribution in [-0.4, -0.2) is 30.6 Å². The summed E-state index contributed by atoms with van der Waals surface area (Å²) in [6.45, 7) is 2.03. The molecule has 8 nitrogen and oxygen atoms in total. The van der Waals surface area contributed by atoms with Crippen LogP contribution < -0.4 is 10.6 Å². The lowest BCUT2D eigenvalue weighted by Crippen LogP contribution is -2.34. The van der Waals surface area contributed by atoms with Gasteiger partial charge in [-0.1, -0.05) is 22.0 Å². The van der Waals surface area contributed by atoms with Crippen LogP contribution in [0.5, 0.6) is 0 Å². The van der Waals surface area contributed by atoms with Crippen LogP contribution in [-0.2, 0) is 20.9 Å². The summed E-state index contributed by atoms with van der Waals surface area (Å²) in [6.07, 6.45) is 1.57. The highest BCUT2D eigenvalue weighted by molar-refractivity contribution is 9.10. The van der Waals surface area contributed by atoms with Crippen LogP contribution in [0.4, 0.5) is 11.4 Å². The number of ether oxygens (including phenoxy) is 1. The lowest BCUT2D eigenvalue weighted by Gasteiger charge is -2.06. The Balaban J connectivity index is 1.49. The highest BCUT2D eigenvalue weighted by Gasteiger charge is 2.15. The zero-order valence-electron chi connectivity index (χ0n) is 17.1. The topological polar surface area (TPSA) is 110 Å². The molecule has 0 saturated carbocycles. The maximum absolute atomic E-state index is 12.1. The predicted octanol–water partition coefficient (Wildman–Crippen LogP) is 4.22. The fourth-order valence-corrected chi connectivity index (χ4v) is 2.98. The Hall–Kier alpha value is -3.72. The minimum Gasteiger partial charge on any atom is -0.462 e. The summed E-state index contributed by atoms with van der Waals surface area (Å²) < 4.78 is 11.4. The van der Waals surface area contributed by atoms with Gasteiger partial charge in [0.05, 0.1) is 30.6 Å². The van der Waals surface area contributed by atoms with Crippen molar-refractivity contribution in [3.63, 3.8) is 0 Å². The average Bonchev–Trinajstić information content (AvgIpc) is 3.24. The van der Waals surface area contributed by atoms with E-state index in [-0.39, 0.29) is 13.2 Å².